The van der Waals surface area contributed by atoms with Crippen LogP contribution in [-0.4, -0.2) is 47.3 Å². The Kier molecular flexibility index (Phi) is 6.43. The molecule has 1 saturated heterocycles. The van der Waals surface area contributed by atoms with Crippen LogP contribution in [-0.2, 0) is 20.9 Å². The second-order valence-electron chi connectivity index (χ2n) is 7.96. The Morgan fingerprint density at radius 3 is 2.85 bits per heavy atom. The van der Waals surface area contributed by atoms with Crippen molar-refractivity contribution in [1.82, 2.24) is 4.98 Å². The molecule has 0 saturated carbocycles. The van der Waals surface area contributed by atoms with E-state index in [0.717, 1.165) is 5.39 Å². The summed E-state index contributed by atoms with van der Waals surface area (Å²) in [6, 6.07) is 13.5. The highest BCUT2D eigenvalue weighted by Gasteiger charge is 2.39. The highest BCUT2D eigenvalue weighted by Crippen LogP contribution is 2.25. The number of aromatic nitrogens is 1. The number of pyridine rings is 1. The number of benzene rings is 2. The average Bonchev–Trinajstić information content (AvgIpc) is 2.84. The summed E-state index contributed by atoms with van der Waals surface area (Å²) in [4.78, 5) is 41.9. The summed E-state index contributed by atoms with van der Waals surface area (Å²) in [6.45, 7) is 2.15. The lowest BCUT2D eigenvalue weighted by Crippen LogP contribution is -2.55. The van der Waals surface area contributed by atoms with Crippen LogP contribution in [0.2, 0.25) is 0 Å². The molecule has 1 fully saturated rings. The van der Waals surface area contributed by atoms with Crippen LogP contribution in [0.3, 0.4) is 0 Å². The number of nitriles is 1. The van der Waals surface area contributed by atoms with Gasteiger partial charge in [-0.25, -0.2) is 0 Å². The van der Waals surface area contributed by atoms with Crippen molar-refractivity contribution in [3.63, 3.8) is 0 Å². The lowest BCUT2D eigenvalue weighted by molar-refractivity contribution is -0.150. The molecule has 1 aliphatic rings. The van der Waals surface area contributed by atoms with Gasteiger partial charge in [0.15, 0.2) is 12.2 Å². The number of ether oxygens (including phenoxy) is 1. The third-order valence-corrected chi connectivity index (χ3v) is 5.72. The second-order valence-corrected chi connectivity index (χ2v) is 7.96. The first-order chi connectivity index (χ1) is 16.3. The van der Waals surface area contributed by atoms with Crippen LogP contribution in [0.5, 0.6) is 0 Å². The lowest BCUT2D eigenvalue weighted by atomic mass is 10.1. The van der Waals surface area contributed by atoms with Crippen molar-refractivity contribution in [2.45, 2.75) is 25.7 Å². The molecule has 0 spiro atoms. The molecule has 2 heterocycles. The van der Waals surface area contributed by atoms with Gasteiger partial charge < -0.3 is 30.8 Å². The Morgan fingerprint density at radius 2 is 2.12 bits per heavy atom. The maximum absolute atomic E-state index is 13.1. The first kappa shape index (κ1) is 23.1. The number of H-pyrrole nitrogens is 1. The maximum atomic E-state index is 13.1. The number of aliphatic hydroxyl groups is 1. The number of aryl methyl sites for hydroxylation is 1. The van der Waals surface area contributed by atoms with Crippen LogP contribution in [0, 0.1) is 18.3 Å². The van der Waals surface area contributed by atoms with Gasteiger partial charge in [0.1, 0.15) is 0 Å². The first-order valence-corrected chi connectivity index (χ1v) is 10.6. The van der Waals surface area contributed by atoms with Crippen LogP contribution in [0.25, 0.3) is 10.9 Å². The number of hydrogen-bond donors (Lipinski definition) is 4. The predicted molar refractivity (Wildman–Crippen MR) is 125 cm³/mol. The van der Waals surface area contributed by atoms with Crippen LogP contribution >= 0.6 is 0 Å². The fraction of sp³-hybridized carbons (Fsp3) is 0.250. The molecule has 1 aromatic heterocycles. The normalized spacial score (nSPS) is 16.8. The van der Waals surface area contributed by atoms with Crippen molar-refractivity contribution in [2.24, 2.45) is 5.73 Å². The van der Waals surface area contributed by atoms with Crippen LogP contribution < -0.4 is 21.5 Å². The largest absolute Gasteiger partial charge is 0.380 e. The molecule has 174 valence electrons. The smallest absolute Gasteiger partial charge is 0.259 e. The van der Waals surface area contributed by atoms with E-state index < -0.39 is 24.0 Å². The van der Waals surface area contributed by atoms with Gasteiger partial charge in [0.25, 0.3) is 17.4 Å². The van der Waals surface area contributed by atoms with Crippen molar-refractivity contribution < 1.29 is 19.4 Å². The summed E-state index contributed by atoms with van der Waals surface area (Å²) >= 11 is 0. The highest BCUT2D eigenvalue weighted by molar-refractivity contribution is 6.04. The van der Waals surface area contributed by atoms with Gasteiger partial charge in [-0.15, -0.1) is 0 Å². The number of carbonyl (C=O) groups excluding carboxylic acids is 2. The van der Waals surface area contributed by atoms with E-state index in [2.05, 4.69) is 10.3 Å². The van der Waals surface area contributed by atoms with Crippen molar-refractivity contribution >= 4 is 34.1 Å². The van der Waals surface area contributed by atoms with Gasteiger partial charge in [-0.05, 0) is 54.3 Å². The molecule has 10 nitrogen and oxygen atoms in total. The zero-order valence-electron chi connectivity index (χ0n) is 18.4. The molecule has 0 unspecified atom stereocenters. The summed E-state index contributed by atoms with van der Waals surface area (Å²) < 4.78 is 5.44. The van der Waals surface area contributed by atoms with Gasteiger partial charge in [0.05, 0.1) is 23.8 Å². The van der Waals surface area contributed by atoms with Crippen LogP contribution in [0.15, 0.2) is 47.3 Å². The third-order valence-electron chi connectivity index (χ3n) is 5.72. The zero-order valence-corrected chi connectivity index (χ0v) is 18.4. The Hall–Kier alpha value is -4.04. The number of aliphatic hydroxyl groups excluding tert-OH is 1. The number of hydrogen-bond acceptors (Lipinski definition) is 7. The number of carbonyl (C=O) groups is 2. The third kappa shape index (κ3) is 4.40. The lowest BCUT2D eigenvalue weighted by Gasteiger charge is -2.34. The van der Waals surface area contributed by atoms with Crippen LogP contribution in [0.1, 0.15) is 16.7 Å². The molecule has 5 N–H and O–H groups in total. The summed E-state index contributed by atoms with van der Waals surface area (Å²) in [5.41, 5.74) is 8.33. The van der Waals surface area contributed by atoms with E-state index >= 15 is 0 Å². The van der Waals surface area contributed by atoms with Gasteiger partial charge in [0.2, 0.25) is 0 Å². The quantitative estimate of drug-likeness (QED) is 0.439. The topological polar surface area (TPSA) is 162 Å². The minimum Gasteiger partial charge on any atom is -0.380 e. The zero-order chi connectivity index (χ0) is 24.4. The van der Waals surface area contributed by atoms with Crippen molar-refractivity contribution in [2.75, 3.05) is 23.4 Å². The van der Waals surface area contributed by atoms with Gasteiger partial charge in [-0.3, -0.25) is 14.4 Å². The Balaban J connectivity index is 1.53. The number of aromatic amines is 1. The summed E-state index contributed by atoms with van der Waals surface area (Å²) in [6.07, 6.45) is -3.18. The Bertz CT molecular complexity index is 1380. The Labute approximate surface area is 194 Å². The monoisotopic (exact) mass is 461 g/mol. The molecular weight excluding hydrogens is 438 g/mol. The van der Waals surface area contributed by atoms with Gasteiger partial charge in [-0.2, -0.15) is 5.26 Å². The second kappa shape index (κ2) is 9.44. The summed E-state index contributed by atoms with van der Waals surface area (Å²) in [5.74, 6) is -1.41. The Morgan fingerprint density at radius 1 is 1.32 bits per heavy atom. The number of fused-ring (bicyclic) bond motifs is 1. The first-order valence-electron chi connectivity index (χ1n) is 10.6. The SMILES string of the molecule is Cc1cc2ccc(N3CCO[C@H]([C@@H](O)C(=O)Nc4ccc(C#N)c(CN)c4)C3=O)cc2[nH]c1=O. The van der Waals surface area contributed by atoms with E-state index in [0.29, 0.717) is 33.6 Å². The van der Waals surface area contributed by atoms with E-state index in [-0.39, 0.29) is 25.3 Å². The molecule has 0 bridgehead atoms. The summed E-state index contributed by atoms with van der Waals surface area (Å²) in [5, 5.41) is 23.0. The van der Waals surface area contributed by atoms with Gasteiger partial charge in [-0.1, -0.05) is 6.07 Å². The average molecular weight is 461 g/mol. The fourth-order valence-electron chi connectivity index (χ4n) is 3.86. The highest BCUT2D eigenvalue weighted by atomic mass is 16.5. The fourth-order valence-corrected chi connectivity index (χ4v) is 3.86. The van der Waals surface area contributed by atoms with Crippen molar-refractivity contribution in [1.29, 1.82) is 5.26 Å². The number of morpholine rings is 1. The number of anilines is 2. The van der Waals surface area contributed by atoms with E-state index in [1.54, 1.807) is 31.2 Å². The van der Waals surface area contributed by atoms with Crippen molar-refractivity contribution in [3.05, 3.63) is 69.5 Å². The molecule has 1 aliphatic heterocycles. The molecule has 34 heavy (non-hydrogen) atoms. The number of amides is 2. The summed E-state index contributed by atoms with van der Waals surface area (Å²) in [7, 11) is 0. The molecule has 2 atom stereocenters. The maximum Gasteiger partial charge on any atom is 0.259 e. The molecule has 0 radical (unpaired) electrons. The minimum absolute atomic E-state index is 0.102. The number of nitrogens with two attached hydrogens (primary N) is 1. The van der Waals surface area contributed by atoms with Crippen LogP contribution in [0.4, 0.5) is 11.4 Å². The standard InChI is InChI=1S/C24H23N5O5/c1-13-8-14-3-5-18(10-19(14)28-22(13)31)29-6-7-34-21(24(29)33)20(30)23(32)27-17-4-2-15(11-25)16(9-17)12-26/h2-5,8-10,20-21,30H,6-7,12,26H2,1H3,(H,27,32)(H,28,31)/t20-,21-/m1/s1. The molecule has 4 rings (SSSR count). The minimum atomic E-state index is -1.77. The van der Waals surface area contributed by atoms with E-state index in [4.69, 9.17) is 15.7 Å². The van der Waals surface area contributed by atoms with E-state index in [1.165, 1.54) is 23.1 Å². The molecular formula is C24H23N5O5. The molecule has 10 heteroatoms. The van der Waals surface area contributed by atoms with Crippen molar-refractivity contribution in [3.8, 4) is 6.07 Å². The number of nitrogens with zero attached hydrogens (tertiary/aromatic N) is 2. The van der Waals surface area contributed by atoms with E-state index in [1.807, 2.05) is 6.07 Å². The van der Waals surface area contributed by atoms with E-state index in [9.17, 15) is 19.5 Å². The molecule has 0 aliphatic carbocycles. The molecule has 2 aromatic carbocycles. The predicted octanol–water partition coefficient (Wildman–Crippen LogP) is 0.898. The molecule has 2 amide bonds. The van der Waals surface area contributed by atoms with Gasteiger partial charge in [0, 0.05) is 30.0 Å². The number of rotatable bonds is 5. The van der Waals surface area contributed by atoms with Gasteiger partial charge >= 0.3 is 0 Å². The molecule has 3 aromatic rings. The number of nitrogens with one attached hydrogen (secondary N) is 2.